The van der Waals surface area contributed by atoms with E-state index in [9.17, 15) is 4.79 Å². The normalized spacial score (nSPS) is 15.7. The topological polar surface area (TPSA) is 35.6 Å². The molecule has 0 aromatic heterocycles. The highest BCUT2D eigenvalue weighted by molar-refractivity contribution is 6.04. The summed E-state index contributed by atoms with van der Waals surface area (Å²) in [6.45, 7) is 14.1. The highest BCUT2D eigenvalue weighted by Crippen LogP contribution is 2.20. The Kier molecular flexibility index (Phi) is 7.09. The maximum Gasteiger partial charge on any atom is 0.255 e. The van der Waals surface area contributed by atoms with Crippen LogP contribution in [-0.2, 0) is 13.0 Å². The number of hydrogen-bond donors (Lipinski definition) is 1. The second-order valence-electron chi connectivity index (χ2n) is 8.91. The highest BCUT2D eigenvalue weighted by atomic mass is 16.1. The predicted octanol–water partition coefficient (Wildman–Crippen LogP) is 4.50. The number of piperazine rings is 1. The Labute approximate surface area is 175 Å². The Morgan fingerprint density at radius 2 is 1.69 bits per heavy atom. The molecule has 1 amide bonds. The molecule has 0 aliphatic carbocycles. The monoisotopic (exact) mass is 393 g/mol. The van der Waals surface area contributed by atoms with Crippen LogP contribution in [0.1, 0.15) is 46.5 Å². The minimum atomic E-state index is -0.0430. The Morgan fingerprint density at radius 3 is 2.34 bits per heavy atom. The van der Waals surface area contributed by atoms with Gasteiger partial charge in [0.1, 0.15) is 0 Å². The summed E-state index contributed by atoms with van der Waals surface area (Å²) >= 11 is 0. The van der Waals surface area contributed by atoms with Gasteiger partial charge in [0.15, 0.2) is 0 Å². The van der Waals surface area contributed by atoms with Crippen molar-refractivity contribution in [1.29, 1.82) is 0 Å². The molecule has 0 unspecified atom stereocenters. The van der Waals surface area contributed by atoms with E-state index in [4.69, 9.17) is 0 Å². The van der Waals surface area contributed by atoms with Crippen LogP contribution >= 0.6 is 0 Å². The molecule has 0 atom stereocenters. The summed E-state index contributed by atoms with van der Waals surface area (Å²) in [7, 11) is 2.18. The van der Waals surface area contributed by atoms with E-state index in [1.807, 2.05) is 18.2 Å². The fourth-order valence-corrected chi connectivity index (χ4v) is 3.87. The number of likely N-dealkylation sites (N-methyl/N-ethyl adjacent to an activating group) is 1. The largest absolute Gasteiger partial charge is 0.322 e. The minimum Gasteiger partial charge on any atom is -0.322 e. The van der Waals surface area contributed by atoms with Crippen LogP contribution in [-0.4, -0.2) is 48.9 Å². The van der Waals surface area contributed by atoms with Crippen LogP contribution in [0.4, 0.5) is 5.69 Å². The molecule has 156 valence electrons. The van der Waals surface area contributed by atoms with Crippen molar-refractivity contribution < 1.29 is 4.79 Å². The number of nitrogens with zero attached hydrogens (tertiary/aromatic N) is 2. The van der Waals surface area contributed by atoms with Crippen molar-refractivity contribution in [2.75, 3.05) is 38.5 Å². The van der Waals surface area contributed by atoms with Crippen LogP contribution in [0.25, 0.3) is 0 Å². The summed E-state index contributed by atoms with van der Waals surface area (Å²) in [6.07, 6.45) is 1.02. The first-order valence-electron chi connectivity index (χ1n) is 10.7. The Balaban J connectivity index is 1.66. The third kappa shape index (κ3) is 5.91. The molecule has 1 N–H and O–H groups in total. The number of benzene rings is 2. The lowest BCUT2D eigenvalue weighted by molar-refractivity contribution is 0.102. The number of anilines is 1. The second-order valence-corrected chi connectivity index (χ2v) is 8.91. The number of carbonyl (C=O) groups is 1. The maximum atomic E-state index is 12.8. The molecule has 0 bridgehead atoms. The number of rotatable bonds is 6. The first-order chi connectivity index (χ1) is 13.8. The third-order valence-electron chi connectivity index (χ3n) is 5.83. The number of aryl methyl sites for hydroxylation is 2. The van der Waals surface area contributed by atoms with Crippen LogP contribution in [0.5, 0.6) is 0 Å². The van der Waals surface area contributed by atoms with Gasteiger partial charge in [0, 0.05) is 44.0 Å². The van der Waals surface area contributed by atoms with Gasteiger partial charge in [0.25, 0.3) is 5.91 Å². The van der Waals surface area contributed by atoms with Gasteiger partial charge in [-0.1, -0.05) is 26.0 Å². The smallest absolute Gasteiger partial charge is 0.255 e. The van der Waals surface area contributed by atoms with E-state index in [0.29, 0.717) is 5.92 Å². The molecule has 0 spiro atoms. The zero-order valence-electron chi connectivity index (χ0n) is 18.6. The number of carbonyl (C=O) groups excluding carboxylic acids is 1. The van der Waals surface area contributed by atoms with E-state index in [-0.39, 0.29) is 5.91 Å². The molecule has 1 heterocycles. The van der Waals surface area contributed by atoms with Crippen molar-refractivity contribution >= 4 is 11.6 Å². The summed E-state index contributed by atoms with van der Waals surface area (Å²) in [5.41, 5.74) is 6.66. The lowest BCUT2D eigenvalue weighted by atomic mass is 9.98. The molecule has 2 aromatic carbocycles. The van der Waals surface area contributed by atoms with Gasteiger partial charge in [0.2, 0.25) is 0 Å². The van der Waals surface area contributed by atoms with E-state index in [1.165, 1.54) is 22.3 Å². The van der Waals surface area contributed by atoms with Crippen molar-refractivity contribution in [3.8, 4) is 0 Å². The van der Waals surface area contributed by atoms with Gasteiger partial charge in [-0.15, -0.1) is 0 Å². The van der Waals surface area contributed by atoms with Crippen molar-refractivity contribution in [3.05, 3.63) is 64.2 Å². The standard InChI is InChI=1S/C25H35N3O/c1-18(2)14-23-16-24(9-6-19(23)3)26-25(29)21-7-8-22(20(4)15-21)17-28-12-10-27(5)11-13-28/h6-9,15-16,18H,10-14,17H2,1-5H3,(H,26,29). The number of nitrogens with one attached hydrogen (secondary N) is 1. The van der Waals surface area contributed by atoms with Gasteiger partial charge in [-0.05, 0) is 79.8 Å². The molecule has 0 radical (unpaired) electrons. The molecule has 0 saturated carbocycles. The van der Waals surface area contributed by atoms with E-state index in [1.54, 1.807) is 0 Å². The molecule has 4 nitrogen and oxygen atoms in total. The molecule has 2 aromatic rings. The summed E-state index contributed by atoms with van der Waals surface area (Å²) < 4.78 is 0. The first kappa shape index (κ1) is 21.5. The van der Waals surface area contributed by atoms with Gasteiger partial charge >= 0.3 is 0 Å². The van der Waals surface area contributed by atoms with Crippen LogP contribution in [0.2, 0.25) is 0 Å². The molecular formula is C25H35N3O. The average Bonchev–Trinajstić information content (AvgIpc) is 2.67. The van der Waals surface area contributed by atoms with Gasteiger partial charge < -0.3 is 10.2 Å². The lowest BCUT2D eigenvalue weighted by Gasteiger charge is -2.32. The zero-order chi connectivity index (χ0) is 21.0. The van der Waals surface area contributed by atoms with Crippen molar-refractivity contribution in [2.45, 2.75) is 40.7 Å². The quantitative estimate of drug-likeness (QED) is 0.785. The average molecular weight is 394 g/mol. The van der Waals surface area contributed by atoms with Crippen molar-refractivity contribution in [3.63, 3.8) is 0 Å². The van der Waals surface area contributed by atoms with Crippen molar-refractivity contribution in [1.82, 2.24) is 9.80 Å². The summed E-state index contributed by atoms with van der Waals surface area (Å²) in [5, 5.41) is 3.08. The second kappa shape index (κ2) is 9.55. The summed E-state index contributed by atoms with van der Waals surface area (Å²) in [6, 6.07) is 12.3. The summed E-state index contributed by atoms with van der Waals surface area (Å²) in [4.78, 5) is 17.7. The SMILES string of the molecule is Cc1ccc(NC(=O)c2ccc(CN3CCN(C)CC3)c(C)c2)cc1CC(C)C. The maximum absolute atomic E-state index is 12.8. The Morgan fingerprint density at radius 1 is 0.966 bits per heavy atom. The van der Waals surface area contributed by atoms with Gasteiger partial charge in [-0.2, -0.15) is 0 Å². The summed E-state index contributed by atoms with van der Waals surface area (Å²) in [5.74, 6) is 0.550. The fourth-order valence-electron chi connectivity index (χ4n) is 3.87. The molecule has 29 heavy (non-hydrogen) atoms. The molecule has 3 rings (SSSR count). The van der Waals surface area contributed by atoms with Crippen LogP contribution in [0, 0.1) is 19.8 Å². The Hall–Kier alpha value is -2.17. The van der Waals surface area contributed by atoms with E-state index in [2.05, 4.69) is 68.1 Å². The van der Waals surface area contributed by atoms with Crippen molar-refractivity contribution in [2.24, 2.45) is 5.92 Å². The molecule has 1 aliphatic rings. The molecule has 1 saturated heterocycles. The zero-order valence-corrected chi connectivity index (χ0v) is 18.6. The third-order valence-corrected chi connectivity index (χ3v) is 5.83. The van der Waals surface area contributed by atoms with Gasteiger partial charge in [-0.3, -0.25) is 9.69 Å². The highest BCUT2D eigenvalue weighted by Gasteiger charge is 2.16. The first-order valence-corrected chi connectivity index (χ1v) is 10.7. The van der Waals surface area contributed by atoms with Gasteiger partial charge in [-0.25, -0.2) is 0 Å². The van der Waals surface area contributed by atoms with Crippen LogP contribution in [0.15, 0.2) is 36.4 Å². The van der Waals surface area contributed by atoms with E-state index >= 15 is 0 Å². The van der Waals surface area contributed by atoms with E-state index < -0.39 is 0 Å². The van der Waals surface area contributed by atoms with Crippen LogP contribution < -0.4 is 5.32 Å². The minimum absolute atomic E-state index is 0.0430. The predicted molar refractivity (Wildman–Crippen MR) is 122 cm³/mol. The molecule has 1 fully saturated rings. The van der Waals surface area contributed by atoms with Crippen LogP contribution in [0.3, 0.4) is 0 Å². The number of amides is 1. The molecular weight excluding hydrogens is 358 g/mol. The Bertz CT molecular complexity index is 851. The van der Waals surface area contributed by atoms with E-state index in [0.717, 1.165) is 50.4 Å². The molecule has 4 heteroatoms. The number of hydrogen-bond acceptors (Lipinski definition) is 3. The molecule has 1 aliphatic heterocycles. The fraction of sp³-hybridized carbons (Fsp3) is 0.480. The lowest BCUT2D eigenvalue weighted by Crippen LogP contribution is -2.43. The van der Waals surface area contributed by atoms with Gasteiger partial charge in [0.05, 0.1) is 0 Å².